The van der Waals surface area contributed by atoms with E-state index in [9.17, 15) is 58.4 Å². The predicted molar refractivity (Wildman–Crippen MR) is 314 cm³/mol. The van der Waals surface area contributed by atoms with Gasteiger partial charge in [-0.05, 0) is 121 Å². The van der Waals surface area contributed by atoms with E-state index in [1.807, 2.05) is 125 Å². The molecule has 0 aromatic heterocycles. The summed E-state index contributed by atoms with van der Waals surface area (Å²) in [5.74, 6) is 0.725. The molecule has 0 atom stereocenters. The van der Waals surface area contributed by atoms with E-state index in [2.05, 4.69) is 20.8 Å². The smallest absolute Gasteiger partial charge is 0.810 e. The summed E-state index contributed by atoms with van der Waals surface area (Å²) in [5, 5.41) is 33.1. The van der Waals surface area contributed by atoms with Crippen molar-refractivity contribution in [1.82, 2.24) is 0 Å². The molecule has 0 heterocycles. The maximum Gasteiger partial charge on any atom is 2.00 e. The molecule has 18 heteroatoms. The Hall–Kier alpha value is -0.893. The van der Waals surface area contributed by atoms with E-state index in [1.54, 1.807) is 18.2 Å². The van der Waals surface area contributed by atoms with Crippen LogP contribution in [0.2, 0.25) is 0 Å². The van der Waals surface area contributed by atoms with Crippen molar-refractivity contribution in [2.24, 2.45) is 0 Å². The van der Waals surface area contributed by atoms with Gasteiger partial charge >= 0.3 is 52.1 Å². The molecule has 0 bridgehead atoms. The molecular formula is C63H105Cr3O12P3. The van der Waals surface area contributed by atoms with E-state index >= 15 is 0 Å². The monoisotopic (exact) mass is 1300 g/mol. The maximum atomic E-state index is 11.5. The van der Waals surface area contributed by atoms with Crippen LogP contribution in [0.4, 0.5) is 0 Å². The third-order valence-electron chi connectivity index (χ3n) is 14.1. The quantitative estimate of drug-likeness (QED) is 0.0665. The molecule has 0 aliphatic heterocycles. The van der Waals surface area contributed by atoms with Gasteiger partial charge in [0.05, 0.1) is 0 Å². The van der Waals surface area contributed by atoms with Gasteiger partial charge in [-0.15, -0.1) is 0 Å². The Labute approximate surface area is 524 Å². The summed E-state index contributed by atoms with van der Waals surface area (Å²) in [6.45, 7) is 42.4. The van der Waals surface area contributed by atoms with E-state index < -0.39 is 41.3 Å². The number of hydrogen-bond acceptors (Lipinski definition) is 12. The first-order valence-corrected chi connectivity index (χ1v) is 33.9. The molecule has 3 N–H and O–H groups in total. The van der Waals surface area contributed by atoms with Crippen LogP contribution < -0.4 is 29.4 Å². The van der Waals surface area contributed by atoms with Crippen molar-refractivity contribution in [1.29, 1.82) is 0 Å². The topological polar surface area (TPSA) is 250 Å². The first kappa shape index (κ1) is 84.3. The van der Waals surface area contributed by atoms with Gasteiger partial charge in [0.15, 0.2) is 0 Å². The molecule has 0 aliphatic rings. The van der Waals surface area contributed by atoms with Gasteiger partial charge in [0.2, 0.25) is 0 Å². The van der Waals surface area contributed by atoms with Crippen molar-refractivity contribution in [3.8, 4) is 17.2 Å². The van der Waals surface area contributed by atoms with Crippen LogP contribution in [0.3, 0.4) is 0 Å². The van der Waals surface area contributed by atoms with Gasteiger partial charge in [-0.2, -0.15) is 0 Å². The third-order valence-corrected chi connectivity index (χ3v) is 16.3. The Morgan fingerprint density at radius 3 is 0.654 bits per heavy atom. The van der Waals surface area contributed by atoms with Gasteiger partial charge in [-0.25, -0.2) is 0 Å². The van der Waals surface area contributed by atoms with Gasteiger partial charge in [0.25, 0.3) is 0 Å². The van der Waals surface area contributed by atoms with Crippen LogP contribution in [0.25, 0.3) is 0 Å². The molecule has 0 amide bonds. The Morgan fingerprint density at radius 2 is 0.519 bits per heavy atom. The van der Waals surface area contributed by atoms with E-state index in [0.29, 0.717) is 52.6 Å². The zero-order chi connectivity index (χ0) is 61.0. The Bertz CT molecular complexity index is 2280. The fourth-order valence-electron chi connectivity index (χ4n) is 10.5. The number of unbranched alkanes of at least 4 members (excludes halogenated alkanes) is 9. The second-order valence-corrected chi connectivity index (χ2v) is 32.7. The van der Waals surface area contributed by atoms with Crippen LogP contribution in [0, 0.1) is 0 Å². The molecule has 3 aromatic carbocycles. The average Bonchev–Trinajstić information content (AvgIpc) is 3.21. The summed E-state index contributed by atoms with van der Waals surface area (Å²) >= 11 is 0. The molecule has 12 nitrogen and oxygen atoms in total. The van der Waals surface area contributed by atoms with E-state index in [-0.39, 0.29) is 102 Å². The normalized spacial score (nSPS) is 12.8. The predicted octanol–water partition coefficient (Wildman–Crippen LogP) is 13.6. The molecule has 81 heavy (non-hydrogen) atoms. The van der Waals surface area contributed by atoms with Crippen molar-refractivity contribution in [2.45, 2.75) is 293 Å². The van der Waals surface area contributed by atoms with Gasteiger partial charge in [0, 0.05) is 35.2 Å². The van der Waals surface area contributed by atoms with Crippen molar-refractivity contribution in [2.75, 3.05) is 0 Å². The summed E-state index contributed by atoms with van der Waals surface area (Å²) in [6, 6.07) is 5.21. The molecule has 0 saturated heterocycles. The summed E-state index contributed by atoms with van der Waals surface area (Å²) in [6.07, 6.45) is 13.1. The first-order valence-electron chi connectivity index (χ1n) is 28.7. The molecule has 0 spiro atoms. The minimum absolute atomic E-state index is 0. The maximum absolute atomic E-state index is 11.5. The molecule has 0 unspecified atom stereocenters. The second kappa shape index (κ2) is 34.0. The Morgan fingerprint density at radius 1 is 0.333 bits per heavy atom. The van der Waals surface area contributed by atoms with Gasteiger partial charge < -0.3 is 58.4 Å². The number of aromatic hydroxyl groups is 3. The molecule has 0 saturated carbocycles. The molecule has 462 valence electrons. The number of phenolic OH excluding ortho intramolecular Hbond substituents is 3. The zero-order valence-corrected chi connectivity index (χ0v) is 60.1. The fourth-order valence-corrected chi connectivity index (χ4v) is 12.6. The van der Waals surface area contributed by atoms with Crippen LogP contribution in [-0.4, -0.2) is 15.3 Å². The average molecular weight is 1300 g/mol. The number of rotatable bonds is 21. The molecule has 0 radical (unpaired) electrons. The van der Waals surface area contributed by atoms with Crippen LogP contribution >= 0.6 is 22.8 Å². The number of benzene rings is 3. The molecule has 3 aromatic rings. The van der Waals surface area contributed by atoms with Crippen LogP contribution in [0.1, 0.15) is 289 Å². The number of phenols is 3. The Kier molecular flexibility index (Phi) is 35.4. The molecule has 0 aliphatic carbocycles. The van der Waals surface area contributed by atoms with Crippen molar-refractivity contribution >= 4 is 22.8 Å². The molecule has 3 rings (SSSR count). The van der Waals surface area contributed by atoms with E-state index in [4.69, 9.17) is 0 Å². The fraction of sp³-hybridized carbons (Fsp3) is 0.714. The molecular weight excluding hydrogens is 1200 g/mol. The van der Waals surface area contributed by atoms with E-state index in [0.717, 1.165) is 110 Å². The van der Waals surface area contributed by atoms with E-state index in [1.165, 1.54) is 0 Å². The van der Waals surface area contributed by atoms with Crippen molar-refractivity contribution in [3.63, 3.8) is 0 Å². The van der Waals surface area contributed by atoms with Crippen molar-refractivity contribution < 1.29 is 110 Å². The van der Waals surface area contributed by atoms with Gasteiger partial charge in [-0.3, -0.25) is 0 Å². The third kappa shape index (κ3) is 28.7. The summed E-state index contributed by atoms with van der Waals surface area (Å²) in [7, 11) is -14.1. The minimum atomic E-state index is -4.70. The SMILES string of the molecule is CCCCCCc1c(CP(=O)([O-])[O-])cc(C(C)(C)C)c(O)c1C(C)(C)C.CCCCCCc1c(CP(=O)([O-])[O-])cc(C(C)(C)C)c(O)c1C(C)(C)C.CCCCCCc1c(CP(=O)([O-])[O-])cc(C(C)(C)C)c(O)c1C(C)(C)C.[Cr+2].[Cr+2].[Cr+2]. The number of hydrogen-bond donors (Lipinski definition) is 3. The van der Waals surface area contributed by atoms with Crippen LogP contribution in [-0.2, 0) is 136 Å². The van der Waals surface area contributed by atoms with Gasteiger partial charge in [-0.1, -0.05) is 244 Å². The largest absolute Gasteiger partial charge is 2.00 e. The van der Waals surface area contributed by atoms with Crippen LogP contribution in [0.5, 0.6) is 17.2 Å². The van der Waals surface area contributed by atoms with Gasteiger partial charge in [0.1, 0.15) is 17.2 Å². The molecule has 0 fully saturated rings. The second-order valence-electron chi connectivity index (χ2n) is 28.1. The first-order chi connectivity index (χ1) is 35.0. The van der Waals surface area contributed by atoms with Crippen LogP contribution in [0.15, 0.2) is 18.2 Å². The minimum Gasteiger partial charge on any atom is -0.810 e. The Balaban J connectivity index is -0.00000111. The summed E-state index contributed by atoms with van der Waals surface area (Å²) in [5.41, 5.74) is 6.52. The summed E-state index contributed by atoms with van der Waals surface area (Å²) in [4.78, 5) is 69.3. The zero-order valence-electron chi connectivity index (χ0n) is 53.5. The van der Waals surface area contributed by atoms with Crippen molar-refractivity contribution in [3.05, 3.63) is 85.0 Å². The standard InChI is InChI=1S/3C21H37O4P.3Cr/c3*1-8-9-10-11-12-16-15(14-26(23,24)25)13-17(20(2,3)4)19(22)18(16)21(5,6)7;;;/h3*13,22H,8-12,14H2,1-7H3,(H2,23,24,25);;;/q;;;3*+2/p-6. The summed E-state index contributed by atoms with van der Waals surface area (Å²) < 4.78 is 34.6.